The van der Waals surface area contributed by atoms with Gasteiger partial charge >= 0.3 is 0 Å². The molecule has 14 heavy (non-hydrogen) atoms. The lowest BCUT2D eigenvalue weighted by atomic mass is 10.1. The molecule has 0 radical (unpaired) electrons. The molecule has 1 rings (SSSR count). The van der Waals surface area contributed by atoms with E-state index in [-0.39, 0.29) is 0 Å². The Hall–Kier alpha value is -1.83. The summed E-state index contributed by atoms with van der Waals surface area (Å²) in [5.74, 6) is -1.18. The molecule has 0 saturated heterocycles. The van der Waals surface area contributed by atoms with Gasteiger partial charge in [0, 0.05) is 0 Å². The number of hydrogen-bond acceptors (Lipinski definition) is 2. The molecule has 2 nitrogen and oxygen atoms in total. The van der Waals surface area contributed by atoms with Crippen LogP contribution >= 0.6 is 0 Å². The number of carboxylic acids is 1. The fourth-order valence-corrected chi connectivity index (χ4v) is 1.06. The third-order valence-corrected chi connectivity index (χ3v) is 1.68. The van der Waals surface area contributed by atoms with E-state index in [0.29, 0.717) is 0 Å². The topological polar surface area (TPSA) is 40.1 Å². The summed E-state index contributed by atoms with van der Waals surface area (Å²) < 4.78 is 0. The van der Waals surface area contributed by atoms with Gasteiger partial charge in [-0.1, -0.05) is 48.1 Å². The van der Waals surface area contributed by atoms with Crippen molar-refractivity contribution in [3.8, 4) is 0 Å². The molecule has 1 aromatic rings. The minimum atomic E-state index is -1.18. The Bertz CT molecular complexity index is 361. The monoisotopic (exact) mass is 187 g/mol. The summed E-state index contributed by atoms with van der Waals surface area (Å²) in [5, 5.41) is 10.1. The Labute approximate surface area is 83.2 Å². The lowest BCUT2D eigenvalue weighted by molar-refractivity contribution is -0.297. The van der Waals surface area contributed by atoms with Crippen LogP contribution in [-0.2, 0) is 4.79 Å². The molecule has 0 amide bonds. The van der Waals surface area contributed by atoms with Gasteiger partial charge in [0.1, 0.15) is 0 Å². The van der Waals surface area contributed by atoms with Crippen molar-refractivity contribution in [1.29, 1.82) is 0 Å². The van der Waals surface area contributed by atoms with Crippen molar-refractivity contribution in [2.45, 2.75) is 6.92 Å². The maximum atomic E-state index is 10.1. The van der Waals surface area contributed by atoms with Crippen molar-refractivity contribution in [2.75, 3.05) is 0 Å². The van der Waals surface area contributed by atoms with Crippen molar-refractivity contribution in [3.05, 3.63) is 53.6 Å². The third-order valence-electron chi connectivity index (χ3n) is 1.68. The number of benzene rings is 1. The van der Waals surface area contributed by atoms with E-state index in [2.05, 4.69) is 0 Å². The highest BCUT2D eigenvalue weighted by Gasteiger charge is 1.85. The molecule has 0 aliphatic rings. The summed E-state index contributed by atoms with van der Waals surface area (Å²) in [5.41, 5.74) is 1.92. The molecule has 0 aliphatic carbocycles. The predicted octanol–water partition coefficient (Wildman–Crippen LogP) is 1.40. The minimum Gasteiger partial charge on any atom is -0.545 e. The van der Waals surface area contributed by atoms with Gasteiger partial charge in [0.25, 0.3) is 0 Å². The van der Waals surface area contributed by atoms with Crippen molar-refractivity contribution in [3.63, 3.8) is 0 Å². The summed E-state index contributed by atoms with van der Waals surface area (Å²) in [4.78, 5) is 10.1. The third kappa shape index (κ3) is 3.72. The first-order valence-corrected chi connectivity index (χ1v) is 4.31. The molecule has 0 heterocycles. The second-order valence-corrected chi connectivity index (χ2v) is 2.95. The number of rotatable bonds is 3. The molecule has 0 atom stereocenters. The molecular formula is C12H11O2-. The van der Waals surface area contributed by atoms with Crippen molar-refractivity contribution in [2.24, 2.45) is 0 Å². The van der Waals surface area contributed by atoms with Crippen LogP contribution in [-0.4, -0.2) is 5.97 Å². The summed E-state index contributed by atoms with van der Waals surface area (Å²) in [6, 6.07) is 9.71. The minimum absolute atomic E-state index is 0.875. The second kappa shape index (κ2) is 5.02. The smallest absolute Gasteiger partial charge is 0.0642 e. The standard InChI is InChI=1S/C12H12O2/c1-10(7-8-12(13)14)9-11-5-3-2-4-6-11/h2-9H,1H3,(H,13,14)/p-1. The summed E-state index contributed by atoms with van der Waals surface area (Å²) in [7, 11) is 0. The van der Waals surface area contributed by atoms with E-state index in [9.17, 15) is 9.90 Å². The van der Waals surface area contributed by atoms with E-state index < -0.39 is 5.97 Å². The van der Waals surface area contributed by atoms with Gasteiger partial charge in [-0.25, -0.2) is 0 Å². The van der Waals surface area contributed by atoms with Crippen LogP contribution in [0.1, 0.15) is 12.5 Å². The highest BCUT2D eigenvalue weighted by Crippen LogP contribution is 2.06. The fraction of sp³-hybridized carbons (Fsp3) is 0.0833. The molecular weight excluding hydrogens is 176 g/mol. The zero-order valence-electron chi connectivity index (χ0n) is 7.94. The molecule has 0 spiro atoms. The molecule has 0 fully saturated rings. The molecule has 0 N–H and O–H groups in total. The molecule has 1 aromatic carbocycles. The van der Waals surface area contributed by atoms with Crippen LogP contribution in [0.2, 0.25) is 0 Å². The number of aliphatic carboxylic acids is 1. The lowest BCUT2D eigenvalue weighted by Gasteiger charge is -1.95. The van der Waals surface area contributed by atoms with E-state index in [4.69, 9.17) is 0 Å². The van der Waals surface area contributed by atoms with E-state index >= 15 is 0 Å². The SMILES string of the molecule is CC(C=CC(=O)[O-])=Cc1ccccc1. The van der Waals surface area contributed by atoms with Gasteiger partial charge in [0.2, 0.25) is 0 Å². The van der Waals surface area contributed by atoms with E-state index in [0.717, 1.165) is 17.2 Å². The van der Waals surface area contributed by atoms with Gasteiger partial charge < -0.3 is 9.90 Å². The van der Waals surface area contributed by atoms with Gasteiger partial charge in [-0.3, -0.25) is 0 Å². The molecule has 0 aromatic heterocycles. The van der Waals surface area contributed by atoms with Crippen LogP contribution in [0.15, 0.2) is 48.1 Å². The van der Waals surface area contributed by atoms with Crippen LogP contribution in [0.5, 0.6) is 0 Å². The number of hydrogen-bond donors (Lipinski definition) is 0. The van der Waals surface area contributed by atoms with Crippen LogP contribution in [0.4, 0.5) is 0 Å². The van der Waals surface area contributed by atoms with Crippen LogP contribution in [0.3, 0.4) is 0 Å². The van der Waals surface area contributed by atoms with E-state index in [1.165, 1.54) is 6.08 Å². The van der Waals surface area contributed by atoms with Crippen molar-refractivity contribution >= 4 is 12.0 Å². The van der Waals surface area contributed by atoms with Crippen LogP contribution in [0, 0.1) is 0 Å². The van der Waals surface area contributed by atoms with Gasteiger partial charge in [0.05, 0.1) is 5.97 Å². The van der Waals surface area contributed by atoms with E-state index in [1.54, 1.807) is 0 Å². The fourth-order valence-electron chi connectivity index (χ4n) is 1.06. The van der Waals surface area contributed by atoms with Crippen molar-refractivity contribution < 1.29 is 9.90 Å². The average Bonchev–Trinajstić information content (AvgIpc) is 2.16. The Morgan fingerprint density at radius 2 is 1.86 bits per heavy atom. The van der Waals surface area contributed by atoms with Crippen LogP contribution in [0.25, 0.3) is 6.08 Å². The van der Waals surface area contributed by atoms with Gasteiger partial charge in [-0.05, 0) is 18.6 Å². The van der Waals surface area contributed by atoms with Crippen molar-refractivity contribution in [1.82, 2.24) is 0 Å². The van der Waals surface area contributed by atoms with Gasteiger partial charge in [-0.15, -0.1) is 0 Å². The molecule has 0 bridgehead atoms. The number of carboxylic acid groups (broad SMARTS) is 1. The molecule has 0 aliphatic heterocycles. The van der Waals surface area contributed by atoms with Gasteiger partial charge in [0.15, 0.2) is 0 Å². The van der Waals surface area contributed by atoms with Gasteiger partial charge in [-0.2, -0.15) is 0 Å². The Kier molecular flexibility index (Phi) is 3.68. The molecule has 0 unspecified atom stereocenters. The second-order valence-electron chi connectivity index (χ2n) is 2.95. The average molecular weight is 187 g/mol. The molecule has 2 heteroatoms. The zero-order chi connectivity index (χ0) is 10.4. The number of allylic oxidation sites excluding steroid dienone is 2. The first-order valence-electron chi connectivity index (χ1n) is 4.31. The summed E-state index contributed by atoms with van der Waals surface area (Å²) >= 11 is 0. The van der Waals surface area contributed by atoms with Crippen LogP contribution < -0.4 is 5.11 Å². The Morgan fingerprint density at radius 3 is 2.43 bits per heavy atom. The maximum Gasteiger partial charge on any atom is 0.0642 e. The molecule has 0 saturated carbocycles. The lowest BCUT2D eigenvalue weighted by Crippen LogP contribution is -2.18. The summed E-state index contributed by atoms with van der Waals surface area (Å²) in [6.07, 6.45) is 4.44. The first-order chi connectivity index (χ1) is 6.68. The number of carbonyl (C=O) groups is 1. The zero-order valence-corrected chi connectivity index (χ0v) is 7.94. The predicted molar refractivity (Wildman–Crippen MR) is 54.2 cm³/mol. The number of carbonyl (C=O) groups excluding carboxylic acids is 1. The largest absolute Gasteiger partial charge is 0.545 e. The molecule has 72 valence electrons. The Morgan fingerprint density at radius 1 is 1.21 bits per heavy atom. The van der Waals surface area contributed by atoms with E-state index in [1.807, 2.05) is 43.3 Å². The Balaban J connectivity index is 2.74. The highest BCUT2D eigenvalue weighted by atomic mass is 16.4. The quantitative estimate of drug-likeness (QED) is 0.530. The maximum absolute atomic E-state index is 10.1. The normalized spacial score (nSPS) is 11.9. The first kappa shape index (κ1) is 10.3. The summed E-state index contributed by atoms with van der Waals surface area (Å²) in [6.45, 7) is 1.84. The highest BCUT2D eigenvalue weighted by molar-refractivity contribution is 5.78.